The summed E-state index contributed by atoms with van der Waals surface area (Å²) in [5, 5.41) is 0. The van der Waals surface area contributed by atoms with E-state index in [4.69, 9.17) is 0 Å². The van der Waals surface area contributed by atoms with Crippen LogP contribution < -0.4 is 4.74 Å². The summed E-state index contributed by atoms with van der Waals surface area (Å²) < 4.78 is 81.3. The van der Waals surface area contributed by atoms with E-state index < -0.39 is 35.6 Å². The number of hydrogen-bond donors (Lipinski definition) is 0. The minimum atomic E-state index is -5.88. The van der Waals surface area contributed by atoms with Crippen LogP contribution in [0.15, 0.2) is 36.9 Å². The number of carbonyl (C=O) groups is 1. The van der Waals surface area contributed by atoms with Crippen LogP contribution >= 0.6 is 0 Å². The van der Waals surface area contributed by atoms with Crippen molar-refractivity contribution < 1.29 is 35.9 Å². The first-order chi connectivity index (χ1) is 9.14. The fourth-order valence-corrected chi connectivity index (χ4v) is 1.40. The van der Waals surface area contributed by atoms with E-state index >= 15 is 0 Å². The topological polar surface area (TPSA) is 26.3 Å². The van der Waals surface area contributed by atoms with Crippen molar-refractivity contribution in [1.82, 2.24) is 0 Å². The van der Waals surface area contributed by atoms with Gasteiger partial charge in [-0.2, -0.15) is 13.2 Å². The Morgan fingerprint density at radius 2 is 1.75 bits per heavy atom. The third-order valence-corrected chi connectivity index (χ3v) is 2.37. The summed E-state index contributed by atoms with van der Waals surface area (Å²) in [6.07, 6.45) is -9.66. The van der Waals surface area contributed by atoms with Gasteiger partial charge in [-0.3, -0.25) is 0 Å². The molecular formula is C12H8F6O2. The molecule has 0 heterocycles. The van der Waals surface area contributed by atoms with Crippen molar-refractivity contribution in [2.75, 3.05) is 0 Å². The summed E-state index contributed by atoms with van der Waals surface area (Å²) in [5.41, 5.74) is -6.41. The Labute approximate surface area is 109 Å². The van der Waals surface area contributed by atoms with Gasteiger partial charge < -0.3 is 4.74 Å². The second-order valence-electron chi connectivity index (χ2n) is 3.63. The maximum Gasteiger partial charge on any atom is 0.432 e. The summed E-state index contributed by atoms with van der Waals surface area (Å²) in [5.74, 6) is -2.14. The van der Waals surface area contributed by atoms with Crippen LogP contribution in [0.4, 0.5) is 26.3 Å². The summed E-state index contributed by atoms with van der Waals surface area (Å²) in [4.78, 5) is 10.9. The molecule has 1 aromatic rings. The Morgan fingerprint density at radius 3 is 2.20 bits per heavy atom. The molecule has 0 aliphatic carbocycles. The van der Waals surface area contributed by atoms with Crippen molar-refractivity contribution in [3.05, 3.63) is 42.5 Å². The molecule has 1 atom stereocenters. The Hall–Kier alpha value is -1.99. The molecule has 0 N–H and O–H groups in total. The largest absolute Gasteiger partial charge is 0.432 e. The lowest BCUT2D eigenvalue weighted by molar-refractivity contribution is -0.274. The van der Waals surface area contributed by atoms with Crippen LogP contribution in [0, 0.1) is 0 Å². The number of carbonyl (C=O) groups excluding carboxylic acids is 1. The smallest absolute Gasteiger partial charge is 0.423 e. The molecule has 0 saturated heterocycles. The molecule has 8 heteroatoms. The second kappa shape index (κ2) is 5.56. The van der Waals surface area contributed by atoms with Crippen molar-refractivity contribution in [3.63, 3.8) is 0 Å². The number of hydrogen-bond acceptors (Lipinski definition) is 2. The predicted octanol–water partition coefficient (Wildman–Crippen LogP) is 3.77. The third-order valence-electron chi connectivity index (χ3n) is 2.37. The first kappa shape index (κ1) is 16.1. The number of ether oxygens (including phenoxy) is 1. The lowest BCUT2D eigenvalue weighted by Crippen LogP contribution is -2.44. The van der Waals surface area contributed by atoms with Gasteiger partial charge in [-0.15, -0.1) is 0 Å². The normalized spacial score (nSPS) is 14.8. The fourth-order valence-electron chi connectivity index (χ4n) is 1.40. The molecule has 2 nitrogen and oxygen atoms in total. The van der Waals surface area contributed by atoms with Crippen molar-refractivity contribution in [2.45, 2.75) is 18.3 Å². The highest BCUT2D eigenvalue weighted by Crippen LogP contribution is 2.49. The minimum absolute atomic E-state index is 0.478. The maximum atomic E-state index is 13.9. The highest BCUT2D eigenvalue weighted by molar-refractivity contribution is 5.83. The molecule has 1 unspecified atom stereocenters. The average Bonchev–Trinajstić information content (AvgIpc) is 2.36. The van der Waals surface area contributed by atoms with Crippen LogP contribution in [0.25, 0.3) is 0 Å². The molecule has 0 aromatic heterocycles. The quantitative estimate of drug-likeness (QED) is 0.366. The molecule has 0 spiro atoms. The van der Waals surface area contributed by atoms with E-state index in [1.54, 1.807) is 0 Å². The monoisotopic (exact) mass is 298 g/mol. The van der Waals surface area contributed by atoms with Gasteiger partial charge in [0.25, 0.3) is 12.1 Å². The van der Waals surface area contributed by atoms with Gasteiger partial charge in [0.1, 0.15) is 5.75 Å². The zero-order chi connectivity index (χ0) is 15.6. The molecule has 0 saturated carbocycles. The van der Waals surface area contributed by atoms with E-state index in [0.29, 0.717) is 12.1 Å². The summed E-state index contributed by atoms with van der Waals surface area (Å²) in [6, 6.07) is 3.28. The van der Waals surface area contributed by atoms with Crippen LogP contribution in [0.1, 0.15) is 5.56 Å². The van der Waals surface area contributed by atoms with Crippen LogP contribution in [0.3, 0.4) is 0 Å². The van der Waals surface area contributed by atoms with E-state index in [1.807, 2.05) is 0 Å². The number of alkyl halides is 6. The van der Waals surface area contributed by atoms with Gasteiger partial charge in [-0.05, 0) is 6.07 Å². The van der Waals surface area contributed by atoms with Gasteiger partial charge in [0.2, 0.25) is 0 Å². The first-order valence-corrected chi connectivity index (χ1v) is 5.12. The Bertz CT molecular complexity index is 511. The van der Waals surface area contributed by atoms with Gasteiger partial charge in [0, 0.05) is 11.6 Å². The Morgan fingerprint density at radius 1 is 1.20 bits per heavy atom. The van der Waals surface area contributed by atoms with Gasteiger partial charge >= 0.3 is 12.1 Å². The van der Waals surface area contributed by atoms with E-state index in [-0.39, 0.29) is 0 Å². The molecule has 0 radical (unpaired) electrons. The van der Waals surface area contributed by atoms with Crippen LogP contribution in [-0.4, -0.2) is 18.6 Å². The SMILES string of the molecule is C=CC(=O)Oc1ccccc1C(F)(C(F)F)C(F)(F)F. The van der Waals surface area contributed by atoms with E-state index in [9.17, 15) is 31.1 Å². The number of rotatable bonds is 4. The fraction of sp³-hybridized carbons (Fsp3) is 0.250. The van der Waals surface area contributed by atoms with Crippen LogP contribution in [0.5, 0.6) is 5.75 Å². The highest BCUT2D eigenvalue weighted by atomic mass is 19.4. The molecule has 0 fully saturated rings. The molecule has 0 bridgehead atoms. The molecule has 0 aliphatic heterocycles. The second-order valence-corrected chi connectivity index (χ2v) is 3.63. The van der Waals surface area contributed by atoms with E-state index in [0.717, 1.165) is 18.2 Å². The molecule has 110 valence electrons. The van der Waals surface area contributed by atoms with Gasteiger partial charge in [-0.1, -0.05) is 24.8 Å². The number of benzene rings is 1. The molecule has 20 heavy (non-hydrogen) atoms. The zero-order valence-corrected chi connectivity index (χ0v) is 9.76. The molecule has 0 amide bonds. The predicted molar refractivity (Wildman–Crippen MR) is 57.1 cm³/mol. The summed E-state index contributed by atoms with van der Waals surface area (Å²) in [6.45, 7) is 2.99. The van der Waals surface area contributed by atoms with Gasteiger partial charge in [-0.25, -0.2) is 18.0 Å². The van der Waals surface area contributed by atoms with Crippen molar-refractivity contribution in [1.29, 1.82) is 0 Å². The average molecular weight is 298 g/mol. The highest BCUT2D eigenvalue weighted by Gasteiger charge is 2.65. The van der Waals surface area contributed by atoms with Crippen molar-refractivity contribution in [3.8, 4) is 5.75 Å². The summed E-state index contributed by atoms with van der Waals surface area (Å²) in [7, 11) is 0. The van der Waals surface area contributed by atoms with Crippen LogP contribution in [0.2, 0.25) is 0 Å². The zero-order valence-electron chi connectivity index (χ0n) is 9.76. The third kappa shape index (κ3) is 2.78. The number of halogens is 6. The lowest BCUT2D eigenvalue weighted by Gasteiger charge is -2.28. The Kier molecular flexibility index (Phi) is 4.46. The standard InChI is InChI=1S/C12H8F6O2/c1-2-9(19)20-8-6-4-3-5-7(8)11(15,10(13)14)12(16,17)18/h2-6,10H,1H2. The number of para-hydroxylation sites is 1. The maximum absolute atomic E-state index is 13.9. The molecule has 1 aromatic carbocycles. The molecule has 1 rings (SSSR count). The molecular weight excluding hydrogens is 290 g/mol. The van der Waals surface area contributed by atoms with Crippen LogP contribution in [-0.2, 0) is 10.5 Å². The minimum Gasteiger partial charge on any atom is -0.423 e. The number of esters is 1. The lowest BCUT2D eigenvalue weighted by atomic mass is 9.94. The molecule has 0 aliphatic rings. The van der Waals surface area contributed by atoms with Gasteiger partial charge in [0.05, 0.1) is 0 Å². The van der Waals surface area contributed by atoms with Crippen molar-refractivity contribution >= 4 is 5.97 Å². The van der Waals surface area contributed by atoms with Crippen molar-refractivity contribution in [2.24, 2.45) is 0 Å². The summed E-state index contributed by atoms with van der Waals surface area (Å²) >= 11 is 0. The van der Waals surface area contributed by atoms with Gasteiger partial charge in [0.15, 0.2) is 0 Å². The Balaban J connectivity index is 3.43. The first-order valence-electron chi connectivity index (χ1n) is 5.12. The van der Waals surface area contributed by atoms with E-state index in [2.05, 4.69) is 11.3 Å². The van der Waals surface area contributed by atoms with E-state index in [1.165, 1.54) is 0 Å².